The fourth-order valence-electron chi connectivity index (χ4n) is 6.09. The maximum absolute atomic E-state index is 6.32. The van der Waals surface area contributed by atoms with E-state index in [9.17, 15) is 0 Å². The molecule has 0 radical (unpaired) electrons. The molecular weight excluding hydrogens is 356 g/mol. The van der Waals surface area contributed by atoms with Crippen LogP contribution in [-0.4, -0.2) is 11.3 Å². The molecule has 2 aromatic carbocycles. The van der Waals surface area contributed by atoms with Gasteiger partial charge in [-0.05, 0) is 74.3 Å². The maximum atomic E-state index is 6.32. The van der Waals surface area contributed by atoms with Crippen molar-refractivity contribution in [2.75, 3.05) is 0 Å². The molecule has 2 aromatic rings. The second-order valence-corrected chi connectivity index (χ2v) is 9.62. The van der Waals surface area contributed by atoms with Crippen molar-refractivity contribution in [3.8, 4) is 0 Å². The zero-order chi connectivity index (χ0) is 20.5. The van der Waals surface area contributed by atoms with Gasteiger partial charge in [0, 0.05) is 5.41 Å². The molecule has 4 rings (SSSR count). The summed E-state index contributed by atoms with van der Waals surface area (Å²) in [7, 11) is 0. The van der Waals surface area contributed by atoms with Gasteiger partial charge in [0.25, 0.3) is 0 Å². The van der Waals surface area contributed by atoms with E-state index in [0.717, 1.165) is 51.4 Å². The average molecular weight is 393 g/mol. The van der Waals surface area contributed by atoms with Crippen LogP contribution in [0.3, 0.4) is 0 Å². The third kappa shape index (κ3) is 3.99. The van der Waals surface area contributed by atoms with Crippen LogP contribution >= 0.6 is 0 Å². The van der Waals surface area contributed by atoms with E-state index in [4.69, 9.17) is 22.9 Å². The Kier molecular flexibility index (Phi) is 5.56. The molecule has 0 aliphatic heterocycles. The maximum Gasteiger partial charge on any atom is 0.0636 e. The van der Waals surface area contributed by atoms with Crippen molar-refractivity contribution in [2.24, 2.45) is 34.8 Å². The molecule has 0 unspecified atom stereocenters. The van der Waals surface area contributed by atoms with Gasteiger partial charge < -0.3 is 22.9 Å². The lowest BCUT2D eigenvalue weighted by atomic mass is 9.52. The second-order valence-electron chi connectivity index (χ2n) is 9.62. The fraction of sp³-hybridized carbons (Fsp3) is 0.520. The van der Waals surface area contributed by atoms with Crippen LogP contribution in [0.2, 0.25) is 0 Å². The fourth-order valence-corrected chi connectivity index (χ4v) is 6.09. The first kappa shape index (κ1) is 20.5. The highest BCUT2D eigenvalue weighted by atomic mass is 15.0. The Morgan fingerprint density at radius 1 is 0.552 bits per heavy atom. The molecule has 2 saturated carbocycles. The Morgan fingerprint density at radius 2 is 0.862 bits per heavy atom. The van der Waals surface area contributed by atoms with Gasteiger partial charge in [0.15, 0.2) is 0 Å². The Balaban J connectivity index is 1.84. The van der Waals surface area contributed by atoms with E-state index in [0.29, 0.717) is 11.8 Å². The molecule has 4 heteroatoms. The van der Waals surface area contributed by atoms with Crippen LogP contribution in [0.25, 0.3) is 0 Å². The summed E-state index contributed by atoms with van der Waals surface area (Å²) in [6, 6.07) is 22.1. The number of rotatable bonds is 4. The van der Waals surface area contributed by atoms with Crippen LogP contribution in [0.1, 0.15) is 62.5 Å². The van der Waals surface area contributed by atoms with E-state index in [2.05, 4.69) is 60.7 Å². The van der Waals surface area contributed by atoms with Crippen LogP contribution in [-0.2, 0) is 5.41 Å². The molecule has 156 valence electrons. The number of benzene rings is 2. The molecule has 0 amide bonds. The number of nitrogens with two attached hydrogens (primary N) is 4. The Labute approximate surface area is 175 Å². The summed E-state index contributed by atoms with van der Waals surface area (Å²) >= 11 is 0. The average Bonchev–Trinajstić information content (AvgIpc) is 2.72. The smallest absolute Gasteiger partial charge is 0.0636 e. The molecule has 0 heterocycles. The first-order valence-electron chi connectivity index (χ1n) is 11.1. The van der Waals surface area contributed by atoms with Crippen molar-refractivity contribution in [1.82, 2.24) is 0 Å². The summed E-state index contributed by atoms with van der Waals surface area (Å²) in [4.78, 5) is 0. The third-order valence-corrected chi connectivity index (χ3v) is 7.62. The molecule has 2 aliphatic rings. The van der Waals surface area contributed by atoms with Gasteiger partial charge in [-0.25, -0.2) is 0 Å². The normalized spacial score (nSPS) is 23.0. The zero-order valence-corrected chi connectivity index (χ0v) is 17.4. The summed E-state index contributed by atoms with van der Waals surface area (Å²) in [5.41, 5.74) is 27.0. The van der Waals surface area contributed by atoms with Crippen LogP contribution < -0.4 is 22.9 Å². The minimum atomic E-state index is -0.536. The molecule has 0 bridgehead atoms. The zero-order valence-electron chi connectivity index (χ0n) is 17.4. The number of hydrogen-bond donors (Lipinski definition) is 4. The Bertz CT molecular complexity index is 711. The monoisotopic (exact) mass is 392 g/mol. The molecule has 2 aliphatic carbocycles. The molecule has 29 heavy (non-hydrogen) atoms. The van der Waals surface area contributed by atoms with Crippen LogP contribution in [0.15, 0.2) is 60.7 Å². The first-order chi connectivity index (χ1) is 13.8. The van der Waals surface area contributed by atoms with Crippen molar-refractivity contribution in [1.29, 1.82) is 0 Å². The van der Waals surface area contributed by atoms with Gasteiger partial charge in [-0.1, -0.05) is 60.7 Å². The molecule has 0 aromatic heterocycles. The van der Waals surface area contributed by atoms with Gasteiger partial charge in [-0.15, -0.1) is 0 Å². The third-order valence-electron chi connectivity index (χ3n) is 7.62. The van der Waals surface area contributed by atoms with Gasteiger partial charge in [0.05, 0.1) is 11.3 Å². The minimum absolute atomic E-state index is 0.0600. The van der Waals surface area contributed by atoms with E-state index in [1.165, 1.54) is 11.1 Å². The van der Waals surface area contributed by atoms with E-state index in [1.54, 1.807) is 0 Å². The van der Waals surface area contributed by atoms with Crippen LogP contribution in [0, 0.1) is 11.8 Å². The summed E-state index contributed by atoms with van der Waals surface area (Å²) in [5, 5.41) is 0. The lowest BCUT2D eigenvalue weighted by molar-refractivity contribution is 0.0918. The molecule has 2 fully saturated rings. The van der Waals surface area contributed by atoms with Crippen molar-refractivity contribution in [2.45, 2.75) is 68.1 Å². The highest BCUT2D eigenvalue weighted by molar-refractivity contribution is 5.42. The van der Waals surface area contributed by atoms with Gasteiger partial charge in [0.1, 0.15) is 0 Å². The lowest BCUT2D eigenvalue weighted by Crippen LogP contribution is -2.57. The SMILES string of the molecule is NC1(N)CCC(C(c2ccccc2)(c2ccccc2)C2CCC(N)(N)CC2)CC1. The van der Waals surface area contributed by atoms with E-state index in [-0.39, 0.29) is 5.41 Å². The van der Waals surface area contributed by atoms with Gasteiger partial charge in [-0.2, -0.15) is 0 Å². The standard InChI is InChI=1S/C25H36N4/c26-23(27)15-11-21(12-16-23)25(19-7-3-1-4-8-19,20-9-5-2-6-10-20)22-13-17-24(28,29)18-14-22/h1-10,21-22H,11-18,26-29H2. The summed E-state index contributed by atoms with van der Waals surface area (Å²) in [6.45, 7) is 0. The van der Waals surface area contributed by atoms with Crippen molar-refractivity contribution >= 4 is 0 Å². The quantitative estimate of drug-likeness (QED) is 0.597. The Hall–Kier alpha value is -1.72. The first-order valence-corrected chi connectivity index (χ1v) is 11.1. The van der Waals surface area contributed by atoms with Crippen LogP contribution in [0.5, 0.6) is 0 Å². The van der Waals surface area contributed by atoms with Gasteiger partial charge in [-0.3, -0.25) is 0 Å². The van der Waals surface area contributed by atoms with E-state index >= 15 is 0 Å². The van der Waals surface area contributed by atoms with Crippen molar-refractivity contribution in [3.05, 3.63) is 71.8 Å². The predicted molar refractivity (Wildman–Crippen MR) is 120 cm³/mol. The molecule has 0 saturated heterocycles. The highest BCUT2D eigenvalue weighted by Crippen LogP contribution is 2.55. The highest BCUT2D eigenvalue weighted by Gasteiger charge is 2.51. The summed E-state index contributed by atoms with van der Waals surface area (Å²) in [6.07, 6.45) is 7.64. The molecule has 4 nitrogen and oxygen atoms in total. The minimum Gasteiger partial charge on any atom is -0.313 e. The molecule has 8 N–H and O–H groups in total. The molecular formula is C25H36N4. The second kappa shape index (κ2) is 7.84. The predicted octanol–water partition coefficient (Wildman–Crippen LogP) is 3.58. The summed E-state index contributed by atoms with van der Waals surface area (Å²) < 4.78 is 0. The topological polar surface area (TPSA) is 104 Å². The van der Waals surface area contributed by atoms with E-state index < -0.39 is 11.3 Å². The number of hydrogen-bond acceptors (Lipinski definition) is 4. The van der Waals surface area contributed by atoms with Crippen molar-refractivity contribution < 1.29 is 0 Å². The Morgan fingerprint density at radius 3 is 1.17 bits per heavy atom. The van der Waals surface area contributed by atoms with Crippen LogP contribution in [0.4, 0.5) is 0 Å². The molecule has 0 atom stereocenters. The summed E-state index contributed by atoms with van der Waals surface area (Å²) in [5.74, 6) is 1.00. The van der Waals surface area contributed by atoms with Crippen molar-refractivity contribution in [3.63, 3.8) is 0 Å². The largest absolute Gasteiger partial charge is 0.313 e. The van der Waals surface area contributed by atoms with Gasteiger partial charge in [0.2, 0.25) is 0 Å². The molecule has 0 spiro atoms. The van der Waals surface area contributed by atoms with Gasteiger partial charge >= 0.3 is 0 Å². The van der Waals surface area contributed by atoms with E-state index in [1.807, 2.05) is 0 Å². The lowest BCUT2D eigenvalue weighted by Gasteiger charge is -2.53.